The number of hydrogen-bond acceptors (Lipinski definition) is 7. The standard InChI is InChI=1S/C25H30N6O4/c1-25(2,19-10-6-9-18(15-19)22(34)17-7-4-3-5-8-17)20-16-21(35-31-20)29-24(28-12-14-33)30-23(26)27-11-13-32/h3-10,15-16,32-33H,11-14H2,1-2H3,(H4,26,27,28,29,30). The highest BCUT2D eigenvalue weighted by atomic mass is 16.5. The van der Waals surface area contributed by atoms with E-state index in [9.17, 15) is 4.79 Å². The molecule has 6 N–H and O–H groups in total. The van der Waals surface area contributed by atoms with Crippen LogP contribution in [0.25, 0.3) is 0 Å². The Kier molecular flexibility index (Phi) is 8.71. The van der Waals surface area contributed by atoms with E-state index < -0.39 is 5.41 Å². The van der Waals surface area contributed by atoms with Crippen molar-refractivity contribution in [2.75, 3.05) is 31.6 Å². The summed E-state index contributed by atoms with van der Waals surface area (Å²) in [4.78, 5) is 21.0. The number of anilines is 1. The summed E-state index contributed by atoms with van der Waals surface area (Å²) in [5.74, 6) is 0.489. The molecule has 1 heterocycles. The lowest BCUT2D eigenvalue weighted by molar-refractivity contribution is 0.103. The molecule has 10 heteroatoms. The van der Waals surface area contributed by atoms with E-state index in [-0.39, 0.29) is 44.0 Å². The van der Waals surface area contributed by atoms with E-state index in [0.29, 0.717) is 22.7 Å². The van der Waals surface area contributed by atoms with Gasteiger partial charge in [-0.3, -0.25) is 25.4 Å². The molecule has 0 fully saturated rings. The highest BCUT2D eigenvalue weighted by Crippen LogP contribution is 2.32. The lowest BCUT2D eigenvalue weighted by Gasteiger charge is -2.23. The Morgan fingerprint density at radius 1 is 1.00 bits per heavy atom. The van der Waals surface area contributed by atoms with E-state index in [1.54, 1.807) is 24.3 Å². The minimum Gasteiger partial charge on any atom is -0.394 e. The molecule has 0 bridgehead atoms. The molecular weight excluding hydrogens is 448 g/mol. The van der Waals surface area contributed by atoms with E-state index in [4.69, 9.17) is 20.5 Å². The maximum Gasteiger partial charge on any atom is 0.231 e. The largest absolute Gasteiger partial charge is 0.394 e. The first-order chi connectivity index (χ1) is 16.8. The van der Waals surface area contributed by atoms with Crippen molar-refractivity contribution in [2.24, 2.45) is 15.7 Å². The number of aliphatic hydroxyl groups excluding tert-OH is 2. The summed E-state index contributed by atoms with van der Waals surface area (Å²) in [6.07, 6.45) is 0. The molecule has 35 heavy (non-hydrogen) atoms. The minimum atomic E-state index is -0.576. The zero-order valence-corrected chi connectivity index (χ0v) is 19.7. The van der Waals surface area contributed by atoms with Gasteiger partial charge in [-0.2, -0.15) is 0 Å². The molecular formula is C25H30N6O4. The molecule has 1 aromatic heterocycles. The Morgan fingerprint density at radius 2 is 1.69 bits per heavy atom. The second kappa shape index (κ2) is 11.9. The highest BCUT2D eigenvalue weighted by Gasteiger charge is 2.28. The average Bonchev–Trinajstić information content (AvgIpc) is 3.35. The zero-order valence-electron chi connectivity index (χ0n) is 19.7. The van der Waals surface area contributed by atoms with E-state index in [1.807, 2.05) is 50.2 Å². The zero-order chi connectivity index (χ0) is 25.3. The Hall–Kier alpha value is -4.02. The van der Waals surface area contributed by atoms with Crippen molar-refractivity contribution in [1.29, 1.82) is 0 Å². The summed E-state index contributed by atoms with van der Waals surface area (Å²) in [5.41, 5.74) is 7.95. The van der Waals surface area contributed by atoms with Crippen molar-refractivity contribution in [1.82, 2.24) is 10.5 Å². The first-order valence-corrected chi connectivity index (χ1v) is 11.1. The summed E-state index contributed by atoms with van der Waals surface area (Å²) in [5, 5.41) is 27.9. The monoisotopic (exact) mass is 478 g/mol. The van der Waals surface area contributed by atoms with Gasteiger partial charge in [0.1, 0.15) is 0 Å². The molecule has 0 atom stereocenters. The number of hydrogen-bond donors (Lipinski definition) is 5. The summed E-state index contributed by atoms with van der Waals surface area (Å²) in [6.45, 7) is 3.93. The molecule has 0 aliphatic carbocycles. The Bertz CT molecular complexity index is 1190. The molecule has 10 nitrogen and oxygen atoms in total. The van der Waals surface area contributed by atoms with Gasteiger partial charge in [0, 0.05) is 22.6 Å². The van der Waals surface area contributed by atoms with Crippen LogP contribution in [0.5, 0.6) is 0 Å². The first kappa shape index (κ1) is 25.6. The highest BCUT2D eigenvalue weighted by molar-refractivity contribution is 6.09. The summed E-state index contributed by atoms with van der Waals surface area (Å²) < 4.78 is 5.46. The number of rotatable bonds is 9. The van der Waals surface area contributed by atoms with Gasteiger partial charge in [0.2, 0.25) is 11.8 Å². The number of carbonyl (C=O) groups excluding carboxylic acids is 1. The van der Waals surface area contributed by atoms with Crippen molar-refractivity contribution in [3.8, 4) is 0 Å². The van der Waals surface area contributed by atoms with Crippen LogP contribution in [0.3, 0.4) is 0 Å². The van der Waals surface area contributed by atoms with Gasteiger partial charge >= 0.3 is 0 Å². The summed E-state index contributed by atoms with van der Waals surface area (Å²) in [7, 11) is 0. The minimum absolute atomic E-state index is 0.0446. The second-order valence-corrected chi connectivity index (χ2v) is 8.17. The van der Waals surface area contributed by atoms with Crippen LogP contribution in [-0.2, 0) is 5.41 Å². The Labute approximate surface area is 203 Å². The first-order valence-electron chi connectivity index (χ1n) is 11.1. The number of benzene rings is 2. The van der Waals surface area contributed by atoms with Crippen LogP contribution in [0.15, 0.2) is 75.2 Å². The van der Waals surface area contributed by atoms with Gasteiger partial charge in [0.15, 0.2) is 11.7 Å². The van der Waals surface area contributed by atoms with Gasteiger partial charge in [-0.1, -0.05) is 67.5 Å². The average molecular weight is 479 g/mol. The molecule has 0 aliphatic heterocycles. The number of aliphatic hydroxyl groups is 2. The third-order valence-electron chi connectivity index (χ3n) is 5.27. The Morgan fingerprint density at radius 3 is 2.40 bits per heavy atom. The fourth-order valence-corrected chi connectivity index (χ4v) is 3.30. The van der Waals surface area contributed by atoms with E-state index >= 15 is 0 Å². The quantitative estimate of drug-likeness (QED) is 0.177. The van der Waals surface area contributed by atoms with Gasteiger partial charge < -0.3 is 20.5 Å². The van der Waals surface area contributed by atoms with Crippen LogP contribution in [0, 0.1) is 0 Å². The van der Waals surface area contributed by atoms with Gasteiger partial charge in [-0.15, -0.1) is 0 Å². The fourth-order valence-electron chi connectivity index (χ4n) is 3.30. The molecule has 0 saturated carbocycles. The van der Waals surface area contributed by atoms with Crippen molar-refractivity contribution in [3.05, 3.63) is 83.0 Å². The fraction of sp³-hybridized carbons (Fsp3) is 0.280. The molecule has 0 amide bonds. The number of guanidine groups is 2. The molecule has 3 aromatic rings. The molecule has 184 valence electrons. The summed E-state index contributed by atoms with van der Waals surface area (Å²) in [6, 6.07) is 18.3. The lowest BCUT2D eigenvalue weighted by atomic mass is 9.80. The van der Waals surface area contributed by atoms with Crippen molar-refractivity contribution in [2.45, 2.75) is 19.3 Å². The maximum absolute atomic E-state index is 12.9. The van der Waals surface area contributed by atoms with Crippen LogP contribution in [-0.4, -0.2) is 59.4 Å². The van der Waals surface area contributed by atoms with Gasteiger partial charge in [0.05, 0.1) is 32.0 Å². The van der Waals surface area contributed by atoms with E-state index in [1.165, 1.54) is 0 Å². The molecule has 0 unspecified atom stereocenters. The van der Waals surface area contributed by atoms with Gasteiger partial charge in [0.25, 0.3) is 0 Å². The van der Waals surface area contributed by atoms with Crippen molar-refractivity contribution >= 4 is 23.6 Å². The molecule has 0 spiro atoms. The number of nitrogens with one attached hydrogen (secondary N) is 2. The van der Waals surface area contributed by atoms with Gasteiger partial charge in [-0.05, 0) is 11.6 Å². The van der Waals surface area contributed by atoms with Gasteiger partial charge in [-0.25, -0.2) is 0 Å². The van der Waals surface area contributed by atoms with Crippen LogP contribution in [0.2, 0.25) is 0 Å². The summed E-state index contributed by atoms with van der Waals surface area (Å²) >= 11 is 0. The van der Waals surface area contributed by atoms with Crippen LogP contribution < -0.4 is 16.4 Å². The van der Waals surface area contributed by atoms with E-state index in [2.05, 4.69) is 25.8 Å². The molecule has 0 saturated heterocycles. The van der Waals surface area contributed by atoms with Crippen molar-refractivity contribution in [3.63, 3.8) is 0 Å². The third kappa shape index (κ3) is 6.75. The normalized spacial score (nSPS) is 12.5. The number of carbonyl (C=O) groups is 1. The molecule has 0 aliphatic rings. The second-order valence-electron chi connectivity index (χ2n) is 8.17. The molecule has 2 aromatic carbocycles. The van der Waals surface area contributed by atoms with Crippen LogP contribution in [0.1, 0.15) is 41.0 Å². The Balaban J connectivity index is 1.80. The number of nitrogens with two attached hydrogens (primary N) is 1. The predicted molar refractivity (Wildman–Crippen MR) is 135 cm³/mol. The number of aromatic nitrogens is 1. The number of nitrogens with zero attached hydrogens (tertiary/aromatic N) is 3. The predicted octanol–water partition coefficient (Wildman–Crippen LogP) is 1.89. The molecule has 3 rings (SSSR count). The maximum atomic E-state index is 12.9. The third-order valence-corrected chi connectivity index (χ3v) is 5.27. The SMILES string of the molecule is CC(C)(c1cccc(C(=O)c2ccccc2)c1)c1cc(NC(=NCCO)NC(N)=NCCO)on1. The molecule has 0 radical (unpaired) electrons. The lowest BCUT2D eigenvalue weighted by Crippen LogP contribution is -2.41. The van der Waals surface area contributed by atoms with Crippen LogP contribution >= 0.6 is 0 Å². The van der Waals surface area contributed by atoms with Crippen LogP contribution in [0.4, 0.5) is 5.88 Å². The smallest absolute Gasteiger partial charge is 0.231 e. The van der Waals surface area contributed by atoms with E-state index in [0.717, 1.165) is 5.56 Å². The topological polar surface area (TPSA) is 158 Å². The number of ketones is 1. The van der Waals surface area contributed by atoms with Crippen molar-refractivity contribution < 1.29 is 19.5 Å². The number of aliphatic imine (C=N–C) groups is 2.